The lowest BCUT2D eigenvalue weighted by atomic mass is 9.98. The van der Waals surface area contributed by atoms with Crippen molar-refractivity contribution in [1.29, 1.82) is 0 Å². The van der Waals surface area contributed by atoms with Crippen LogP contribution in [0.15, 0.2) is 79.0 Å². The van der Waals surface area contributed by atoms with Gasteiger partial charge in [-0.25, -0.2) is 15.2 Å². The van der Waals surface area contributed by atoms with Gasteiger partial charge in [0, 0.05) is 44.5 Å². The SMILES string of the molecule is O=C1[C@H](Cc2ccc(O)cc2)N2C(=O)CNN(C(=O)NCc3ccccc3)[C@H]2CN1Cc1cccc2c1cnn2CCN1CCOCC1. The molecule has 3 N–H and O–H groups in total. The molecule has 4 amide bonds. The van der Waals surface area contributed by atoms with E-state index in [0.717, 1.165) is 67.0 Å². The molecule has 0 saturated carbocycles. The van der Waals surface area contributed by atoms with Gasteiger partial charge in [0.05, 0.1) is 44.6 Å². The first kappa shape index (κ1) is 31.6. The summed E-state index contributed by atoms with van der Waals surface area (Å²) in [5, 5.41) is 19.9. The van der Waals surface area contributed by atoms with Crippen LogP contribution in [0.2, 0.25) is 0 Å². The number of morpholine rings is 1. The Morgan fingerprint density at radius 1 is 0.958 bits per heavy atom. The smallest absolute Gasteiger partial charge is 0.334 e. The molecule has 250 valence electrons. The van der Waals surface area contributed by atoms with Gasteiger partial charge in [-0.3, -0.25) is 19.2 Å². The molecular formula is C35H40N8O5. The first-order valence-corrected chi connectivity index (χ1v) is 16.4. The number of hydrogen-bond donors (Lipinski definition) is 3. The highest BCUT2D eigenvalue weighted by Gasteiger charge is 2.49. The molecule has 0 spiro atoms. The Hall–Kier alpha value is -4.98. The highest BCUT2D eigenvalue weighted by Crippen LogP contribution is 2.28. The zero-order valence-electron chi connectivity index (χ0n) is 26.7. The third-order valence-corrected chi connectivity index (χ3v) is 9.37. The van der Waals surface area contributed by atoms with Crippen LogP contribution in [0.5, 0.6) is 5.75 Å². The third kappa shape index (κ3) is 6.70. The van der Waals surface area contributed by atoms with Crippen LogP contribution in [0.25, 0.3) is 10.9 Å². The Bertz CT molecular complexity index is 1760. The second-order valence-corrected chi connectivity index (χ2v) is 12.4. The van der Waals surface area contributed by atoms with Crippen LogP contribution in [-0.2, 0) is 40.4 Å². The maximum atomic E-state index is 14.3. The predicted molar refractivity (Wildman–Crippen MR) is 177 cm³/mol. The fraction of sp³-hybridized carbons (Fsp3) is 0.371. The average molecular weight is 653 g/mol. The monoisotopic (exact) mass is 652 g/mol. The lowest BCUT2D eigenvalue weighted by Crippen LogP contribution is -2.76. The van der Waals surface area contributed by atoms with Crippen molar-refractivity contribution < 1.29 is 24.2 Å². The zero-order valence-corrected chi connectivity index (χ0v) is 26.7. The molecule has 48 heavy (non-hydrogen) atoms. The molecule has 13 heteroatoms. The van der Waals surface area contributed by atoms with Crippen LogP contribution in [0.1, 0.15) is 16.7 Å². The molecule has 3 fully saturated rings. The van der Waals surface area contributed by atoms with E-state index in [4.69, 9.17) is 9.84 Å². The lowest BCUT2D eigenvalue weighted by molar-refractivity contribution is -0.170. The summed E-state index contributed by atoms with van der Waals surface area (Å²) in [4.78, 5) is 47.0. The van der Waals surface area contributed by atoms with Crippen LogP contribution in [0, 0.1) is 0 Å². The molecule has 3 aromatic carbocycles. The van der Waals surface area contributed by atoms with Gasteiger partial charge in [0.2, 0.25) is 11.8 Å². The van der Waals surface area contributed by atoms with E-state index in [1.165, 1.54) is 5.01 Å². The molecule has 4 aromatic rings. The van der Waals surface area contributed by atoms with Crippen molar-refractivity contribution in [3.8, 4) is 5.75 Å². The fourth-order valence-electron chi connectivity index (χ4n) is 6.80. The van der Waals surface area contributed by atoms with Crippen molar-refractivity contribution in [2.45, 2.75) is 38.3 Å². The number of hydrazine groups is 1. The summed E-state index contributed by atoms with van der Waals surface area (Å²) in [6, 6.07) is 21.0. The van der Waals surface area contributed by atoms with Crippen LogP contribution >= 0.6 is 0 Å². The topological polar surface area (TPSA) is 136 Å². The van der Waals surface area contributed by atoms with E-state index in [-0.39, 0.29) is 49.7 Å². The number of hydrogen-bond acceptors (Lipinski definition) is 8. The molecule has 0 radical (unpaired) electrons. The van der Waals surface area contributed by atoms with E-state index >= 15 is 0 Å². The minimum Gasteiger partial charge on any atom is -0.508 e. The maximum Gasteiger partial charge on any atom is 0.334 e. The molecule has 1 aromatic heterocycles. The van der Waals surface area contributed by atoms with E-state index in [1.54, 1.807) is 34.1 Å². The number of aromatic nitrogens is 2. The molecule has 13 nitrogen and oxygen atoms in total. The number of carbonyl (C=O) groups is 3. The van der Waals surface area contributed by atoms with E-state index in [1.807, 2.05) is 59.4 Å². The molecule has 7 rings (SSSR count). The van der Waals surface area contributed by atoms with Crippen molar-refractivity contribution >= 4 is 28.7 Å². The first-order valence-electron chi connectivity index (χ1n) is 16.4. The second-order valence-electron chi connectivity index (χ2n) is 12.4. The predicted octanol–water partition coefficient (Wildman–Crippen LogP) is 1.91. The van der Waals surface area contributed by atoms with Gasteiger partial charge in [0.1, 0.15) is 18.0 Å². The maximum absolute atomic E-state index is 14.3. The van der Waals surface area contributed by atoms with Gasteiger partial charge in [0.15, 0.2) is 0 Å². The summed E-state index contributed by atoms with van der Waals surface area (Å²) in [6.45, 7) is 5.53. The van der Waals surface area contributed by atoms with Crippen LogP contribution in [-0.4, -0.2) is 111 Å². The minimum absolute atomic E-state index is 0.114. The number of carbonyl (C=O) groups excluding carboxylic acids is 3. The number of amides is 4. The summed E-state index contributed by atoms with van der Waals surface area (Å²) < 4.78 is 7.49. The second kappa shape index (κ2) is 14.0. The Balaban J connectivity index is 1.15. The van der Waals surface area contributed by atoms with E-state index in [9.17, 15) is 19.5 Å². The van der Waals surface area contributed by atoms with Gasteiger partial charge < -0.3 is 25.0 Å². The molecule has 4 heterocycles. The lowest BCUT2D eigenvalue weighted by Gasteiger charge is -2.52. The number of nitrogens with one attached hydrogen (secondary N) is 2. The van der Waals surface area contributed by atoms with Crippen LogP contribution in [0.4, 0.5) is 4.79 Å². The van der Waals surface area contributed by atoms with Gasteiger partial charge in [0.25, 0.3) is 0 Å². The highest BCUT2D eigenvalue weighted by atomic mass is 16.5. The number of phenolic OH excluding ortho intramolecular Hbond substituents is 1. The van der Waals surface area contributed by atoms with Gasteiger partial charge in [-0.2, -0.15) is 5.10 Å². The Morgan fingerprint density at radius 2 is 1.75 bits per heavy atom. The van der Waals surface area contributed by atoms with Crippen molar-refractivity contribution in [3.63, 3.8) is 0 Å². The molecule has 2 atom stereocenters. The number of urea groups is 1. The van der Waals surface area contributed by atoms with Gasteiger partial charge >= 0.3 is 6.03 Å². The number of phenols is 1. The van der Waals surface area contributed by atoms with Crippen LogP contribution in [0.3, 0.4) is 0 Å². The number of benzene rings is 3. The average Bonchev–Trinajstić information content (AvgIpc) is 3.54. The normalized spacial score (nSPS) is 20.3. The molecule has 3 saturated heterocycles. The highest BCUT2D eigenvalue weighted by molar-refractivity contribution is 5.92. The summed E-state index contributed by atoms with van der Waals surface area (Å²) >= 11 is 0. The van der Waals surface area contributed by atoms with E-state index in [2.05, 4.69) is 15.6 Å². The van der Waals surface area contributed by atoms with Crippen molar-refractivity contribution in [1.82, 2.24) is 40.2 Å². The molecule has 3 aliphatic heterocycles. The van der Waals surface area contributed by atoms with E-state index in [0.29, 0.717) is 6.54 Å². The summed E-state index contributed by atoms with van der Waals surface area (Å²) in [6.07, 6.45) is 1.35. The van der Waals surface area contributed by atoms with Crippen molar-refractivity contribution in [2.24, 2.45) is 0 Å². The fourth-order valence-corrected chi connectivity index (χ4v) is 6.80. The number of piperazine rings is 1. The Kier molecular flexibility index (Phi) is 9.23. The van der Waals surface area contributed by atoms with Crippen molar-refractivity contribution in [2.75, 3.05) is 45.9 Å². The quantitative estimate of drug-likeness (QED) is 0.250. The summed E-state index contributed by atoms with van der Waals surface area (Å²) in [5.41, 5.74) is 6.67. The Morgan fingerprint density at radius 3 is 2.54 bits per heavy atom. The number of fused-ring (bicyclic) bond motifs is 2. The minimum atomic E-state index is -0.845. The standard InChI is InChI=1S/C35H40N8O5/c44-28-11-9-25(10-12-28)19-31-34(46)40(23-27-7-4-8-30-29(27)21-37-41(30)14-13-39-15-17-48-18-16-39)24-32-42(31)33(45)22-38-43(32)35(47)36-20-26-5-2-1-3-6-26/h1-12,21,31-32,38,44H,13-20,22-24H2,(H,36,47)/t31-,32-/m0/s1. The third-order valence-electron chi connectivity index (χ3n) is 9.37. The number of aromatic hydroxyl groups is 1. The van der Waals surface area contributed by atoms with Crippen molar-refractivity contribution in [3.05, 3.63) is 95.7 Å². The summed E-state index contributed by atoms with van der Waals surface area (Å²) in [7, 11) is 0. The molecule has 0 aliphatic carbocycles. The van der Waals surface area contributed by atoms with Crippen LogP contribution < -0.4 is 10.7 Å². The number of rotatable bonds is 9. The van der Waals surface area contributed by atoms with Gasteiger partial charge in [-0.1, -0.05) is 54.6 Å². The molecule has 3 aliphatic rings. The Labute approximate surface area is 278 Å². The molecule has 0 bridgehead atoms. The number of ether oxygens (including phenoxy) is 1. The van der Waals surface area contributed by atoms with Gasteiger partial charge in [-0.15, -0.1) is 0 Å². The summed E-state index contributed by atoms with van der Waals surface area (Å²) in [5.74, 6) is -0.338. The van der Waals surface area contributed by atoms with Gasteiger partial charge in [-0.05, 0) is 34.9 Å². The zero-order chi connectivity index (χ0) is 33.0. The van der Waals surface area contributed by atoms with E-state index < -0.39 is 12.2 Å². The molecule has 0 unspecified atom stereocenters. The number of nitrogens with zero attached hydrogens (tertiary/aromatic N) is 6. The molecular weight excluding hydrogens is 612 g/mol. The largest absolute Gasteiger partial charge is 0.508 e. The first-order chi connectivity index (χ1) is 23.4.